The monoisotopic (exact) mass is 377 g/mol. The molecule has 0 aliphatic carbocycles. The van der Waals surface area contributed by atoms with Crippen LogP contribution >= 0.6 is 0 Å². The number of hydrogen-bond acceptors (Lipinski definition) is 3. The molecule has 1 amide bonds. The molecule has 28 heavy (non-hydrogen) atoms. The summed E-state index contributed by atoms with van der Waals surface area (Å²) in [5.74, 6) is 1.69. The minimum Gasteiger partial charge on any atom is -0.494 e. The molecule has 0 aliphatic rings. The van der Waals surface area contributed by atoms with Gasteiger partial charge in [0, 0.05) is 36.6 Å². The average Bonchev–Trinajstić information content (AvgIpc) is 3.21. The zero-order valence-electron chi connectivity index (χ0n) is 16.3. The van der Waals surface area contributed by atoms with Crippen LogP contribution in [0.5, 0.6) is 5.75 Å². The van der Waals surface area contributed by atoms with Crippen LogP contribution < -0.4 is 10.1 Å². The molecule has 0 bridgehead atoms. The van der Waals surface area contributed by atoms with Gasteiger partial charge in [-0.2, -0.15) is 0 Å². The number of carbonyl (C=O) groups is 1. The summed E-state index contributed by atoms with van der Waals surface area (Å²) in [5.41, 5.74) is 1.74. The summed E-state index contributed by atoms with van der Waals surface area (Å²) in [4.78, 5) is 16.7. The highest BCUT2D eigenvalue weighted by atomic mass is 16.5. The Morgan fingerprint density at radius 3 is 2.61 bits per heavy atom. The number of aromatic nitrogens is 2. The van der Waals surface area contributed by atoms with Crippen molar-refractivity contribution < 1.29 is 9.53 Å². The molecule has 2 aromatic carbocycles. The van der Waals surface area contributed by atoms with Gasteiger partial charge >= 0.3 is 0 Å². The number of benzene rings is 2. The molecular formula is C23H27N3O2. The topological polar surface area (TPSA) is 56.1 Å². The number of amides is 1. The first-order valence-electron chi connectivity index (χ1n) is 9.85. The van der Waals surface area contributed by atoms with Gasteiger partial charge in [-0.25, -0.2) is 4.98 Å². The zero-order valence-corrected chi connectivity index (χ0v) is 16.3. The van der Waals surface area contributed by atoms with Crippen LogP contribution in [0.25, 0.3) is 11.4 Å². The van der Waals surface area contributed by atoms with Crippen LogP contribution in [0.2, 0.25) is 0 Å². The Labute approximate surface area is 166 Å². The lowest BCUT2D eigenvalue weighted by Crippen LogP contribution is -2.25. The second-order valence-electron chi connectivity index (χ2n) is 6.65. The van der Waals surface area contributed by atoms with Gasteiger partial charge in [-0.3, -0.25) is 4.79 Å². The van der Waals surface area contributed by atoms with Gasteiger partial charge in [-0.15, -0.1) is 0 Å². The van der Waals surface area contributed by atoms with Gasteiger partial charge in [0.15, 0.2) is 0 Å². The minimum atomic E-state index is -0.0611. The maximum Gasteiger partial charge on any atom is 0.251 e. The van der Waals surface area contributed by atoms with E-state index in [0.29, 0.717) is 18.7 Å². The van der Waals surface area contributed by atoms with E-state index in [-0.39, 0.29) is 5.91 Å². The Hall–Kier alpha value is -3.08. The van der Waals surface area contributed by atoms with Gasteiger partial charge in [0.1, 0.15) is 11.6 Å². The number of aryl methyl sites for hydroxylation is 1. The number of nitrogens with one attached hydrogen (secondary N) is 1. The van der Waals surface area contributed by atoms with Crippen LogP contribution in [0.4, 0.5) is 0 Å². The van der Waals surface area contributed by atoms with Gasteiger partial charge in [0.25, 0.3) is 5.91 Å². The third-order valence-electron chi connectivity index (χ3n) is 4.49. The van der Waals surface area contributed by atoms with Crippen LogP contribution in [0.3, 0.4) is 0 Å². The summed E-state index contributed by atoms with van der Waals surface area (Å²) in [7, 11) is 0. The predicted octanol–water partition coefficient (Wildman–Crippen LogP) is 4.55. The molecule has 0 saturated heterocycles. The first kappa shape index (κ1) is 19.7. The Balaban J connectivity index is 1.44. The fourth-order valence-corrected chi connectivity index (χ4v) is 2.93. The van der Waals surface area contributed by atoms with Gasteiger partial charge in [0.05, 0.1) is 6.61 Å². The molecule has 0 aliphatic heterocycles. The quantitative estimate of drug-likeness (QED) is 0.527. The smallest absolute Gasteiger partial charge is 0.251 e. The van der Waals surface area contributed by atoms with E-state index < -0.39 is 0 Å². The molecule has 0 saturated carbocycles. The SMILES string of the molecule is CCCCOc1ccc(C(=O)NCCCn2ccnc2-c2ccccc2)cc1. The van der Waals surface area contributed by atoms with Crippen LogP contribution in [0.15, 0.2) is 67.0 Å². The molecule has 0 unspecified atom stereocenters. The third-order valence-corrected chi connectivity index (χ3v) is 4.49. The Morgan fingerprint density at radius 2 is 1.86 bits per heavy atom. The van der Waals surface area contributed by atoms with Crippen molar-refractivity contribution in [2.45, 2.75) is 32.7 Å². The van der Waals surface area contributed by atoms with Gasteiger partial charge in [-0.1, -0.05) is 43.7 Å². The summed E-state index contributed by atoms with van der Waals surface area (Å²) in [6.07, 6.45) is 6.75. The second-order valence-corrected chi connectivity index (χ2v) is 6.65. The van der Waals surface area contributed by atoms with Crippen molar-refractivity contribution in [1.29, 1.82) is 0 Å². The number of unbranched alkanes of at least 4 members (excludes halogenated alkanes) is 1. The molecule has 3 aromatic rings. The fraction of sp³-hybridized carbons (Fsp3) is 0.304. The Bertz CT molecular complexity index is 857. The van der Waals surface area contributed by atoms with Crippen molar-refractivity contribution in [3.05, 3.63) is 72.6 Å². The second kappa shape index (κ2) is 10.3. The van der Waals surface area contributed by atoms with Crippen molar-refractivity contribution >= 4 is 5.91 Å². The van der Waals surface area contributed by atoms with Crippen LogP contribution in [0, 0.1) is 0 Å². The zero-order chi connectivity index (χ0) is 19.6. The maximum atomic E-state index is 12.3. The van der Waals surface area contributed by atoms with Crippen molar-refractivity contribution in [3.8, 4) is 17.1 Å². The molecule has 0 atom stereocenters. The van der Waals surface area contributed by atoms with E-state index in [2.05, 4.69) is 33.9 Å². The van der Waals surface area contributed by atoms with Crippen LogP contribution in [-0.2, 0) is 6.54 Å². The highest BCUT2D eigenvalue weighted by Crippen LogP contribution is 2.17. The lowest BCUT2D eigenvalue weighted by Gasteiger charge is -2.10. The Morgan fingerprint density at radius 1 is 1.07 bits per heavy atom. The third kappa shape index (κ3) is 5.46. The lowest BCUT2D eigenvalue weighted by molar-refractivity contribution is 0.0952. The summed E-state index contributed by atoms with van der Waals surface area (Å²) in [5, 5.41) is 2.98. The number of hydrogen-bond donors (Lipinski definition) is 1. The summed E-state index contributed by atoms with van der Waals surface area (Å²) >= 11 is 0. The number of rotatable bonds is 10. The molecule has 1 heterocycles. The van der Waals surface area contributed by atoms with Gasteiger partial charge in [0.2, 0.25) is 0 Å². The van der Waals surface area contributed by atoms with Gasteiger partial charge in [-0.05, 0) is 37.1 Å². The van der Waals surface area contributed by atoms with E-state index in [9.17, 15) is 4.79 Å². The molecule has 5 nitrogen and oxygen atoms in total. The molecule has 0 radical (unpaired) electrons. The van der Waals surface area contributed by atoms with E-state index in [0.717, 1.165) is 42.9 Å². The van der Waals surface area contributed by atoms with E-state index >= 15 is 0 Å². The van der Waals surface area contributed by atoms with E-state index in [1.807, 2.05) is 42.7 Å². The summed E-state index contributed by atoms with van der Waals surface area (Å²) in [6, 6.07) is 17.4. The van der Waals surface area contributed by atoms with Gasteiger partial charge < -0.3 is 14.6 Å². The fourth-order valence-electron chi connectivity index (χ4n) is 2.93. The lowest BCUT2D eigenvalue weighted by atomic mass is 10.2. The highest BCUT2D eigenvalue weighted by Gasteiger charge is 2.07. The largest absolute Gasteiger partial charge is 0.494 e. The van der Waals surface area contributed by atoms with Crippen molar-refractivity contribution in [3.63, 3.8) is 0 Å². The van der Waals surface area contributed by atoms with Crippen molar-refractivity contribution in [1.82, 2.24) is 14.9 Å². The highest BCUT2D eigenvalue weighted by molar-refractivity contribution is 5.94. The molecule has 0 fully saturated rings. The predicted molar refractivity (Wildman–Crippen MR) is 111 cm³/mol. The van der Waals surface area contributed by atoms with E-state index in [4.69, 9.17) is 4.74 Å². The van der Waals surface area contributed by atoms with E-state index in [1.165, 1.54) is 0 Å². The average molecular weight is 377 g/mol. The number of imidazole rings is 1. The molecular weight excluding hydrogens is 350 g/mol. The minimum absolute atomic E-state index is 0.0611. The number of nitrogens with zero attached hydrogens (tertiary/aromatic N) is 2. The first-order valence-corrected chi connectivity index (χ1v) is 9.85. The van der Waals surface area contributed by atoms with Crippen molar-refractivity contribution in [2.75, 3.05) is 13.2 Å². The van der Waals surface area contributed by atoms with E-state index in [1.54, 1.807) is 12.1 Å². The molecule has 0 spiro atoms. The number of carbonyl (C=O) groups excluding carboxylic acids is 1. The molecule has 3 rings (SSSR count). The molecule has 5 heteroatoms. The Kier molecular flexibility index (Phi) is 7.24. The van der Waals surface area contributed by atoms with Crippen molar-refractivity contribution in [2.24, 2.45) is 0 Å². The normalized spacial score (nSPS) is 10.6. The molecule has 1 aromatic heterocycles. The standard InChI is InChI=1S/C23H27N3O2/c1-2-3-18-28-21-12-10-20(11-13-21)23(27)25-14-7-16-26-17-15-24-22(26)19-8-5-4-6-9-19/h4-6,8-13,15,17H,2-3,7,14,16,18H2,1H3,(H,25,27). The summed E-state index contributed by atoms with van der Waals surface area (Å²) in [6.45, 7) is 4.25. The van der Waals surface area contributed by atoms with Crippen LogP contribution in [-0.4, -0.2) is 28.6 Å². The first-order chi connectivity index (χ1) is 13.8. The molecule has 1 N–H and O–H groups in total. The number of ether oxygens (including phenoxy) is 1. The molecule has 146 valence electrons. The summed E-state index contributed by atoms with van der Waals surface area (Å²) < 4.78 is 7.74. The van der Waals surface area contributed by atoms with Crippen LogP contribution in [0.1, 0.15) is 36.5 Å². The maximum absolute atomic E-state index is 12.3.